The fraction of sp³-hybridized carbons (Fsp3) is 0.158. The number of para-hydroxylation sites is 1. The minimum absolute atomic E-state index is 0.193. The maximum atomic E-state index is 14.3. The van der Waals surface area contributed by atoms with E-state index in [0.717, 1.165) is 27.7 Å². The number of hydrogen-bond donors (Lipinski definition) is 0. The van der Waals surface area contributed by atoms with Crippen molar-refractivity contribution in [2.75, 3.05) is 0 Å². The lowest BCUT2D eigenvalue weighted by atomic mass is 10.0. The number of benzene rings is 2. The van der Waals surface area contributed by atoms with Crippen LogP contribution in [0.3, 0.4) is 0 Å². The summed E-state index contributed by atoms with van der Waals surface area (Å²) in [5.41, 5.74) is 3.51. The van der Waals surface area contributed by atoms with Crippen LogP contribution in [0.2, 0.25) is 0 Å². The minimum atomic E-state index is -0.407. The summed E-state index contributed by atoms with van der Waals surface area (Å²) in [6.45, 7) is 4.00. The molecule has 4 heteroatoms. The van der Waals surface area contributed by atoms with Crippen LogP contribution in [0.4, 0.5) is 4.39 Å². The van der Waals surface area contributed by atoms with Gasteiger partial charge >= 0.3 is 0 Å². The Labute approximate surface area is 138 Å². The zero-order valence-electron chi connectivity index (χ0n) is 12.9. The van der Waals surface area contributed by atoms with Crippen LogP contribution < -0.4 is 0 Å². The van der Waals surface area contributed by atoms with Crippen molar-refractivity contribution >= 4 is 28.4 Å². The number of nitrogens with zero attached hydrogens (tertiary/aromatic N) is 2. The van der Waals surface area contributed by atoms with E-state index in [4.69, 9.17) is 4.99 Å². The van der Waals surface area contributed by atoms with Crippen molar-refractivity contribution in [3.05, 3.63) is 71.7 Å². The van der Waals surface area contributed by atoms with Crippen LogP contribution in [0, 0.1) is 5.82 Å². The summed E-state index contributed by atoms with van der Waals surface area (Å²) in [6.07, 6.45) is 1.82. The van der Waals surface area contributed by atoms with Gasteiger partial charge in [-0.25, -0.2) is 4.39 Å². The SMILES string of the molecule is CC1(C)N=C(c2cnc3ccccc3c2)c2cccc(F)c2S1. The fourth-order valence-corrected chi connectivity index (χ4v) is 3.90. The van der Waals surface area contributed by atoms with Gasteiger partial charge in [-0.05, 0) is 32.0 Å². The second-order valence-corrected chi connectivity index (χ2v) is 7.65. The smallest absolute Gasteiger partial charge is 0.137 e. The molecule has 23 heavy (non-hydrogen) atoms. The number of rotatable bonds is 1. The average molecular weight is 322 g/mol. The van der Waals surface area contributed by atoms with E-state index in [1.165, 1.54) is 17.8 Å². The molecule has 3 aromatic rings. The largest absolute Gasteiger partial charge is 0.267 e. The van der Waals surface area contributed by atoms with E-state index >= 15 is 0 Å². The molecule has 0 spiro atoms. The molecule has 0 amide bonds. The first kappa shape index (κ1) is 14.4. The van der Waals surface area contributed by atoms with E-state index in [1.807, 2.05) is 50.4 Å². The van der Waals surface area contributed by atoms with Gasteiger partial charge < -0.3 is 0 Å². The average Bonchev–Trinajstić information content (AvgIpc) is 2.54. The lowest BCUT2D eigenvalue weighted by Crippen LogP contribution is -2.22. The Kier molecular flexibility index (Phi) is 3.23. The normalized spacial score (nSPS) is 16.0. The van der Waals surface area contributed by atoms with Gasteiger partial charge in [0.15, 0.2) is 0 Å². The summed E-state index contributed by atoms with van der Waals surface area (Å²) in [4.78, 5) is 9.62. The van der Waals surface area contributed by atoms with Crippen LogP contribution in [0.25, 0.3) is 10.9 Å². The third-order valence-corrected chi connectivity index (χ3v) is 5.03. The van der Waals surface area contributed by atoms with Gasteiger partial charge in [-0.15, -0.1) is 0 Å². The molecule has 4 rings (SSSR count). The predicted molar refractivity (Wildman–Crippen MR) is 93.7 cm³/mol. The molecule has 0 aliphatic carbocycles. The molecular weight excluding hydrogens is 307 g/mol. The third kappa shape index (κ3) is 2.53. The van der Waals surface area contributed by atoms with Gasteiger partial charge in [0.05, 0.1) is 16.1 Å². The first-order chi connectivity index (χ1) is 11.0. The van der Waals surface area contributed by atoms with Gasteiger partial charge in [0.2, 0.25) is 0 Å². The lowest BCUT2D eigenvalue weighted by Gasteiger charge is -2.28. The minimum Gasteiger partial charge on any atom is -0.267 e. The quantitative estimate of drug-likeness (QED) is 0.626. The highest BCUT2D eigenvalue weighted by Crippen LogP contribution is 2.42. The third-order valence-electron chi connectivity index (χ3n) is 3.82. The monoisotopic (exact) mass is 322 g/mol. The number of aliphatic imine (C=N–C) groups is 1. The van der Waals surface area contributed by atoms with Gasteiger partial charge in [-0.3, -0.25) is 9.98 Å². The molecule has 2 heterocycles. The van der Waals surface area contributed by atoms with Gasteiger partial charge in [0.25, 0.3) is 0 Å². The summed E-state index contributed by atoms with van der Waals surface area (Å²) < 4.78 is 14.3. The number of fused-ring (bicyclic) bond motifs is 2. The second kappa shape index (κ2) is 5.17. The van der Waals surface area contributed by atoms with Crippen molar-refractivity contribution in [1.29, 1.82) is 0 Å². The van der Waals surface area contributed by atoms with Gasteiger partial charge in [0.1, 0.15) is 10.7 Å². The molecule has 1 aromatic heterocycles. The Morgan fingerprint density at radius 2 is 1.87 bits per heavy atom. The van der Waals surface area contributed by atoms with E-state index < -0.39 is 4.87 Å². The number of thioether (sulfide) groups is 1. The van der Waals surface area contributed by atoms with Crippen LogP contribution in [0.15, 0.2) is 64.6 Å². The molecule has 0 atom stereocenters. The van der Waals surface area contributed by atoms with Crippen LogP contribution in [0.5, 0.6) is 0 Å². The zero-order valence-corrected chi connectivity index (χ0v) is 13.7. The highest BCUT2D eigenvalue weighted by molar-refractivity contribution is 8.00. The van der Waals surface area contributed by atoms with Crippen LogP contribution in [0.1, 0.15) is 25.0 Å². The molecule has 1 aliphatic rings. The van der Waals surface area contributed by atoms with Crippen molar-refractivity contribution in [3.8, 4) is 0 Å². The van der Waals surface area contributed by atoms with E-state index in [9.17, 15) is 4.39 Å². The first-order valence-electron chi connectivity index (χ1n) is 7.46. The van der Waals surface area contributed by atoms with Crippen molar-refractivity contribution in [2.45, 2.75) is 23.6 Å². The van der Waals surface area contributed by atoms with E-state index in [0.29, 0.717) is 4.90 Å². The predicted octanol–water partition coefficient (Wildman–Crippen LogP) is 5.05. The number of hydrogen-bond acceptors (Lipinski definition) is 3. The standard InChI is InChI=1S/C19H15FN2S/c1-19(2)22-17(14-7-5-8-15(20)18(14)23-19)13-10-12-6-3-4-9-16(12)21-11-13/h3-11H,1-2H3. The Hall–Kier alpha value is -2.20. The Bertz CT molecular complexity index is 947. The van der Waals surface area contributed by atoms with Crippen molar-refractivity contribution in [3.63, 3.8) is 0 Å². The molecule has 2 aromatic carbocycles. The molecule has 0 saturated carbocycles. The van der Waals surface area contributed by atoms with Gasteiger partial charge in [0, 0.05) is 22.7 Å². The number of aromatic nitrogens is 1. The molecule has 2 nitrogen and oxygen atoms in total. The van der Waals surface area contributed by atoms with Crippen LogP contribution in [-0.4, -0.2) is 15.6 Å². The summed E-state index contributed by atoms with van der Waals surface area (Å²) >= 11 is 1.46. The maximum Gasteiger partial charge on any atom is 0.137 e. The Morgan fingerprint density at radius 1 is 1.04 bits per heavy atom. The molecule has 0 radical (unpaired) electrons. The van der Waals surface area contributed by atoms with Crippen LogP contribution >= 0.6 is 11.8 Å². The summed E-state index contributed by atoms with van der Waals surface area (Å²) in [5.74, 6) is -0.193. The topological polar surface area (TPSA) is 25.2 Å². The highest BCUT2D eigenvalue weighted by atomic mass is 32.2. The van der Waals surface area contributed by atoms with Gasteiger partial charge in [-0.1, -0.05) is 42.1 Å². The molecule has 1 aliphatic heterocycles. The van der Waals surface area contributed by atoms with Crippen LogP contribution in [-0.2, 0) is 0 Å². The first-order valence-corrected chi connectivity index (χ1v) is 8.28. The molecule has 0 fully saturated rings. The lowest BCUT2D eigenvalue weighted by molar-refractivity contribution is 0.597. The van der Waals surface area contributed by atoms with E-state index in [1.54, 1.807) is 6.07 Å². The molecule has 0 unspecified atom stereocenters. The zero-order chi connectivity index (χ0) is 16.0. The van der Waals surface area contributed by atoms with Crippen molar-refractivity contribution in [1.82, 2.24) is 4.98 Å². The summed E-state index contributed by atoms with van der Waals surface area (Å²) in [6, 6.07) is 15.2. The molecule has 0 N–H and O–H groups in total. The fourth-order valence-electron chi connectivity index (χ4n) is 2.82. The summed E-state index contributed by atoms with van der Waals surface area (Å²) in [7, 11) is 0. The van der Waals surface area contributed by atoms with E-state index in [-0.39, 0.29) is 5.82 Å². The highest BCUT2D eigenvalue weighted by Gasteiger charge is 2.30. The maximum absolute atomic E-state index is 14.3. The van der Waals surface area contributed by atoms with Crippen molar-refractivity contribution in [2.24, 2.45) is 4.99 Å². The van der Waals surface area contributed by atoms with Gasteiger partial charge in [-0.2, -0.15) is 0 Å². The number of pyridine rings is 1. The Morgan fingerprint density at radius 3 is 2.74 bits per heavy atom. The molecule has 0 bridgehead atoms. The molecule has 114 valence electrons. The molecule has 0 saturated heterocycles. The molecular formula is C19H15FN2S. The number of halogens is 1. The Balaban J connectivity index is 1.95. The summed E-state index contributed by atoms with van der Waals surface area (Å²) in [5, 5.41) is 1.06. The van der Waals surface area contributed by atoms with Crippen molar-refractivity contribution < 1.29 is 4.39 Å². The van der Waals surface area contributed by atoms with E-state index in [2.05, 4.69) is 11.1 Å². The second-order valence-electron chi connectivity index (χ2n) is 6.04.